The summed E-state index contributed by atoms with van der Waals surface area (Å²) in [5, 5.41) is 26.1. The van der Waals surface area contributed by atoms with E-state index >= 15 is 0 Å². The van der Waals surface area contributed by atoms with Crippen LogP contribution < -0.4 is 5.84 Å². The molecule has 0 aromatic heterocycles. The normalized spacial score (nSPS) is 18.7. The number of aliphatic hydroxyl groups excluding tert-OH is 2. The van der Waals surface area contributed by atoms with E-state index in [4.69, 9.17) is 20.4 Å². The van der Waals surface area contributed by atoms with Gasteiger partial charge in [0.15, 0.2) is 0 Å². The van der Waals surface area contributed by atoms with Gasteiger partial charge in [0.1, 0.15) is 12.1 Å². The molecule has 0 saturated carbocycles. The number of ether oxygens (including phenoxy) is 2. The quantitative estimate of drug-likeness (QED) is 0.297. The maximum absolute atomic E-state index is 10.0. The Balaban J connectivity index is 4.73. The van der Waals surface area contributed by atoms with Crippen molar-refractivity contribution in [3.8, 4) is 0 Å². The Kier molecular flexibility index (Phi) is 9.76. The fourth-order valence-corrected chi connectivity index (χ4v) is 1.67. The van der Waals surface area contributed by atoms with E-state index < -0.39 is 18.2 Å². The molecule has 4 atom stereocenters. The smallest absolute Gasteiger partial charge is 0.127 e. The van der Waals surface area contributed by atoms with Gasteiger partial charge >= 0.3 is 0 Å². The first kappa shape index (κ1) is 17.2. The summed E-state index contributed by atoms with van der Waals surface area (Å²) < 4.78 is 10.6. The third-order valence-electron chi connectivity index (χ3n) is 2.55. The van der Waals surface area contributed by atoms with Crippen molar-refractivity contribution in [2.45, 2.75) is 51.0 Å². The van der Waals surface area contributed by atoms with Crippen molar-refractivity contribution in [2.24, 2.45) is 16.2 Å². The van der Waals surface area contributed by atoms with Gasteiger partial charge < -0.3 is 25.5 Å². The molecule has 0 rings (SSSR count). The number of nitrogens with zero attached hydrogens (tertiary/aromatic N) is 2. The van der Waals surface area contributed by atoms with Gasteiger partial charge in [-0.15, -0.1) is 0 Å². The molecule has 0 aliphatic rings. The van der Waals surface area contributed by atoms with E-state index in [0.29, 0.717) is 6.42 Å². The van der Waals surface area contributed by atoms with Crippen LogP contribution in [0.2, 0.25) is 0 Å². The Morgan fingerprint density at radius 1 is 1.39 bits per heavy atom. The van der Waals surface area contributed by atoms with Crippen LogP contribution in [-0.2, 0) is 9.47 Å². The molecule has 0 fully saturated rings. The van der Waals surface area contributed by atoms with Crippen molar-refractivity contribution < 1.29 is 19.7 Å². The Bertz CT molecular complexity index is 228. The summed E-state index contributed by atoms with van der Waals surface area (Å²) in [6.45, 7) is 3.82. The Labute approximate surface area is 108 Å². The molecule has 0 aliphatic carbocycles. The van der Waals surface area contributed by atoms with Gasteiger partial charge in [-0.2, -0.15) is 5.11 Å². The van der Waals surface area contributed by atoms with Crippen molar-refractivity contribution in [3.63, 3.8) is 0 Å². The molecule has 0 saturated heterocycles. The summed E-state index contributed by atoms with van der Waals surface area (Å²) in [4.78, 5) is 0. The molecule has 0 heterocycles. The van der Waals surface area contributed by atoms with Gasteiger partial charge in [-0.3, -0.25) is 0 Å². The Morgan fingerprint density at radius 3 is 2.50 bits per heavy atom. The average molecular weight is 263 g/mol. The molecule has 18 heavy (non-hydrogen) atoms. The first-order chi connectivity index (χ1) is 8.60. The Morgan fingerprint density at radius 2 is 2.06 bits per heavy atom. The summed E-state index contributed by atoms with van der Waals surface area (Å²) in [7, 11) is 1.53. The topological polar surface area (TPSA) is 110 Å². The maximum atomic E-state index is 10.0. The second-order valence-corrected chi connectivity index (χ2v) is 4.20. The van der Waals surface area contributed by atoms with Crippen LogP contribution in [0.3, 0.4) is 0 Å². The zero-order chi connectivity index (χ0) is 14.0. The van der Waals surface area contributed by atoms with Gasteiger partial charge in [0.2, 0.25) is 0 Å². The standard InChI is InChI=1S/C11H25N3O4/c1-4-5-9(16)11(13-14-12)10(7-17-3)18-8(2)6-15/h8-11,15-16H,4-7H2,1-3H3,(H2,12,13). The summed E-state index contributed by atoms with van der Waals surface area (Å²) in [6.07, 6.45) is -0.179. The first-order valence-electron chi connectivity index (χ1n) is 6.14. The van der Waals surface area contributed by atoms with Crippen LogP contribution in [0.4, 0.5) is 0 Å². The predicted octanol–water partition coefficient (Wildman–Crippen LogP) is 0.254. The lowest BCUT2D eigenvalue weighted by atomic mass is 10.0. The van der Waals surface area contributed by atoms with Crippen molar-refractivity contribution >= 4 is 0 Å². The highest BCUT2D eigenvalue weighted by atomic mass is 16.5. The van der Waals surface area contributed by atoms with Crippen LogP contribution in [-0.4, -0.2) is 54.9 Å². The molecule has 0 bridgehead atoms. The summed E-state index contributed by atoms with van der Waals surface area (Å²) >= 11 is 0. The van der Waals surface area contributed by atoms with E-state index in [2.05, 4.69) is 10.3 Å². The molecule has 0 aromatic rings. The van der Waals surface area contributed by atoms with Crippen LogP contribution >= 0.6 is 0 Å². The van der Waals surface area contributed by atoms with Gasteiger partial charge in [0.05, 0.1) is 25.4 Å². The number of aliphatic hydroxyl groups is 2. The zero-order valence-electron chi connectivity index (χ0n) is 11.3. The fraction of sp³-hybridized carbons (Fsp3) is 1.00. The SMILES string of the molecule is CCCC(O)C(N=NN)C(COC)OC(C)CO. The first-order valence-corrected chi connectivity index (χ1v) is 6.14. The van der Waals surface area contributed by atoms with Crippen molar-refractivity contribution in [3.05, 3.63) is 0 Å². The largest absolute Gasteiger partial charge is 0.394 e. The molecule has 0 spiro atoms. The van der Waals surface area contributed by atoms with E-state index in [1.165, 1.54) is 7.11 Å². The van der Waals surface area contributed by atoms with Crippen molar-refractivity contribution in [1.82, 2.24) is 0 Å². The number of hydrogen-bond acceptors (Lipinski definition) is 6. The lowest BCUT2D eigenvalue weighted by Crippen LogP contribution is -2.42. The monoisotopic (exact) mass is 263 g/mol. The summed E-state index contributed by atoms with van der Waals surface area (Å²) in [6, 6.07) is -0.594. The van der Waals surface area contributed by atoms with Crippen LogP contribution in [0.1, 0.15) is 26.7 Å². The second kappa shape index (κ2) is 10.2. The van der Waals surface area contributed by atoms with Crippen LogP contribution in [0.15, 0.2) is 10.3 Å². The van der Waals surface area contributed by atoms with E-state index in [1.54, 1.807) is 6.92 Å². The molecule has 0 aliphatic heterocycles. The molecule has 7 heteroatoms. The molecule has 4 N–H and O–H groups in total. The van der Waals surface area contributed by atoms with Gasteiger partial charge in [0.25, 0.3) is 0 Å². The molecular formula is C11H25N3O4. The van der Waals surface area contributed by atoms with Crippen molar-refractivity contribution in [1.29, 1.82) is 0 Å². The van der Waals surface area contributed by atoms with E-state index in [9.17, 15) is 5.11 Å². The highest BCUT2D eigenvalue weighted by Crippen LogP contribution is 2.15. The number of rotatable bonds is 10. The van der Waals surface area contributed by atoms with Gasteiger partial charge in [-0.05, 0) is 13.3 Å². The third kappa shape index (κ3) is 6.25. The molecule has 4 unspecified atom stereocenters. The second-order valence-electron chi connectivity index (χ2n) is 4.20. The average Bonchev–Trinajstić information content (AvgIpc) is 2.35. The number of methoxy groups -OCH3 is 1. The maximum Gasteiger partial charge on any atom is 0.127 e. The molecule has 108 valence electrons. The number of hydrogen-bond donors (Lipinski definition) is 3. The van der Waals surface area contributed by atoms with Crippen LogP contribution in [0.5, 0.6) is 0 Å². The minimum absolute atomic E-state index is 0.115. The molecule has 0 radical (unpaired) electrons. The van der Waals surface area contributed by atoms with Gasteiger partial charge in [0, 0.05) is 7.11 Å². The van der Waals surface area contributed by atoms with Gasteiger partial charge in [-0.1, -0.05) is 18.6 Å². The lowest BCUT2D eigenvalue weighted by molar-refractivity contribution is -0.0874. The molecule has 7 nitrogen and oxygen atoms in total. The molecule has 0 amide bonds. The third-order valence-corrected chi connectivity index (χ3v) is 2.55. The number of nitrogens with two attached hydrogens (primary N) is 1. The van der Waals surface area contributed by atoms with Gasteiger partial charge in [-0.25, -0.2) is 0 Å². The van der Waals surface area contributed by atoms with Crippen molar-refractivity contribution in [2.75, 3.05) is 20.3 Å². The van der Waals surface area contributed by atoms with E-state index in [1.807, 2.05) is 6.92 Å². The predicted molar refractivity (Wildman–Crippen MR) is 67.0 cm³/mol. The molecule has 0 aromatic carbocycles. The fourth-order valence-electron chi connectivity index (χ4n) is 1.67. The highest BCUT2D eigenvalue weighted by molar-refractivity contribution is 4.83. The van der Waals surface area contributed by atoms with Crippen LogP contribution in [0, 0.1) is 0 Å². The van der Waals surface area contributed by atoms with Crippen LogP contribution in [0.25, 0.3) is 0 Å². The lowest BCUT2D eigenvalue weighted by Gasteiger charge is -2.28. The highest BCUT2D eigenvalue weighted by Gasteiger charge is 2.30. The Hall–Kier alpha value is -0.760. The minimum atomic E-state index is -0.701. The van der Waals surface area contributed by atoms with E-state index in [-0.39, 0.29) is 19.3 Å². The van der Waals surface area contributed by atoms with E-state index in [0.717, 1.165) is 6.42 Å². The minimum Gasteiger partial charge on any atom is -0.394 e. The molecular weight excluding hydrogens is 238 g/mol. The zero-order valence-corrected chi connectivity index (χ0v) is 11.3. The summed E-state index contributed by atoms with van der Waals surface area (Å²) in [5.74, 6) is 5.06. The summed E-state index contributed by atoms with van der Waals surface area (Å²) in [5.41, 5.74) is 0.